The fourth-order valence-electron chi connectivity index (χ4n) is 2.30. The minimum Gasteiger partial charge on any atom is -0.493 e. The van der Waals surface area contributed by atoms with Gasteiger partial charge in [0.15, 0.2) is 5.96 Å². The van der Waals surface area contributed by atoms with Crippen molar-refractivity contribution in [3.8, 4) is 5.75 Å². The Morgan fingerprint density at radius 1 is 1.23 bits per heavy atom. The van der Waals surface area contributed by atoms with E-state index in [0.717, 1.165) is 36.0 Å². The highest BCUT2D eigenvalue weighted by Gasteiger charge is 2.19. The third-order valence-corrected chi connectivity index (χ3v) is 3.89. The normalized spacial score (nSPS) is 12.1. The van der Waals surface area contributed by atoms with Gasteiger partial charge in [-0.1, -0.05) is 39.0 Å². The molecule has 0 amide bonds. The smallest absolute Gasteiger partial charge is 0.213 e. The fraction of sp³-hybridized carbons (Fsp3) is 0.500. The molecule has 26 heavy (non-hydrogen) atoms. The first kappa shape index (κ1) is 19.8. The van der Waals surface area contributed by atoms with Crippen LogP contribution in [0.5, 0.6) is 5.75 Å². The van der Waals surface area contributed by atoms with E-state index in [1.165, 1.54) is 0 Å². The van der Waals surface area contributed by atoms with Crippen LogP contribution in [0, 0.1) is 6.92 Å². The highest BCUT2D eigenvalue weighted by Crippen LogP contribution is 2.22. The zero-order valence-corrected chi connectivity index (χ0v) is 16.4. The van der Waals surface area contributed by atoms with Gasteiger partial charge in [0.2, 0.25) is 5.89 Å². The van der Waals surface area contributed by atoms with Crippen molar-refractivity contribution >= 4 is 5.96 Å². The Bertz CT molecular complexity index is 717. The molecular formula is C20H30N4O2. The Morgan fingerprint density at radius 2 is 2.00 bits per heavy atom. The van der Waals surface area contributed by atoms with Crippen molar-refractivity contribution in [3.63, 3.8) is 0 Å². The number of ether oxygens (including phenoxy) is 1. The van der Waals surface area contributed by atoms with Crippen molar-refractivity contribution in [2.45, 2.75) is 46.1 Å². The van der Waals surface area contributed by atoms with Crippen LogP contribution in [0.25, 0.3) is 0 Å². The molecule has 6 nitrogen and oxygen atoms in total. The third kappa shape index (κ3) is 6.10. The van der Waals surface area contributed by atoms with Gasteiger partial charge >= 0.3 is 0 Å². The van der Waals surface area contributed by atoms with Crippen molar-refractivity contribution in [3.05, 3.63) is 47.7 Å². The number of benzene rings is 1. The minimum atomic E-state index is -0.0394. The number of guanidine groups is 1. The molecule has 1 aromatic carbocycles. The molecule has 0 spiro atoms. The van der Waals surface area contributed by atoms with E-state index in [4.69, 9.17) is 9.15 Å². The standard InChI is InChI=1S/C20H30N4O2/c1-15-9-6-7-10-16(15)25-12-8-11-22-19(21-5)24-14-18-23-13-17(26-18)20(2,3)4/h6-7,9-10,13H,8,11-12,14H2,1-5H3,(H2,21,22,24). The number of hydrogen-bond acceptors (Lipinski definition) is 4. The summed E-state index contributed by atoms with van der Waals surface area (Å²) in [6.45, 7) is 10.3. The van der Waals surface area contributed by atoms with Crippen LogP contribution in [-0.4, -0.2) is 31.1 Å². The molecular weight excluding hydrogens is 328 g/mol. The number of aryl methyl sites for hydroxylation is 1. The quantitative estimate of drug-likeness (QED) is 0.451. The summed E-state index contributed by atoms with van der Waals surface area (Å²) in [5, 5.41) is 6.48. The lowest BCUT2D eigenvalue weighted by atomic mass is 9.94. The maximum atomic E-state index is 5.79. The van der Waals surface area contributed by atoms with Gasteiger partial charge in [0.05, 0.1) is 19.3 Å². The Balaban J connectivity index is 1.68. The van der Waals surface area contributed by atoms with E-state index in [0.29, 0.717) is 19.0 Å². The lowest BCUT2D eigenvalue weighted by Gasteiger charge is -2.13. The van der Waals surface area contributed by atoms with E-state index in [-0.39, 0.29) is 5.41 Å². The molecule has 0 radical (unpaired) electrons. The summed E-state index contributed by atoms with van der Waals surface area (Å²) < 4.78 is 11.6. The molecule has 0 saturated carbocycles. The first-order valence-electron chi connectivity index (χ1n) is 8.98. The first-order chi connectivity index (χ1) is 12.4. The molecule has 0 bridgehead atoms. The number of nitrogens with zero attached hydrogens (tertiary/aromatic N) is 2. The summed E-state index contributed by atoms with van der Waals surface area (Å²) in [7, 11) is 1.75. The second kappa shape index (κ2) is 9.27. The molecule has 0 unspecified atom stereocenters. The van der Waals surface area contributed by atoms with Crippen LogP contribution >= 0.6 is 0 Å². The first-order valence-corrected chi connectivity index (χ1v) is 8.98. The summed E-state index contributed by atoms with van der Waals surface area (Å²) in [6, 6.07) is 8.04. The van der Waals surface area contributed by atoms with Crippen molar-refractivity contribution in [2.75, 3.05) is 20.2 Å². The molecule has 0 aliphatic rings. The topological polar surface area (TPSA) is 71.7 Å². The van der Waals surface area contributed by atoms with Crippen LogP contribution in [0.15, 0.2) is 39.9 Å². The molecule has 0 aliphatic carbocycles. The molecule has 142 valence electrons. The van der Waals surface area contributed by atoms with Crippen molar-refractivity contribution in [1.82, 2.24) is 15.6 Å². The fourth-order valence-corrected chi connectivity index (χ4v) is 2.30. The average molecular weight is 358 g/mol. The average Bonchev–Trinajstić information content (AvgIpc) is 3.08. The molecule has 0 atom stereocenters. The second-order valence-corrected chi connectivity index (χ2v) is 7.19. The Kier molecular flexibility index (Phi) is 7.06. The molecule has 0 saturated heterocycles. The zero-order chi connectivity index (χ0) is 19.0. The molecule has 1 heterocycles. The highest BCUT2D eigenvalue weighted by atomic mass is 16.5. The molecule has 0 fully saturated rings. The number of aromatic nitrogens is 1. The SMILES string of the molecule is CN=C(NCCCOc1ccccc1C)NCc1ncc(C(C)(C)C)o1. The molecule has 0 aliphatic heterocycles. The number of aliphatic imine (C=N–C) groups is 1. The Labute approximate surface area is 156 Å². The molecule has 2 aromatic rings. The van der Waals surface area contributed by atoms with Gasteiger partial charge in [0.25, 0.3) is 0 Å². The summed E-state index contributed by atoms with van der Waals surface area (Å²) in [5.74, 6) is 3.19. The van der Waals surface area contributed by atoms with E-state index in [1.807, 2.05) is 31.2 Å². The second-order valence-electron chi connectivity index (χ2n) is 7.19. The largest absolute Gasteiger partial charge is 0.493 e. The molecule has 6 heteroatoms. The van der Waals surface area contributed by atoms with E-state index in [1.54, 1.807) is 13.2 Å². The number of rotatable bonds is 7. The Morgan fingerprint density at radius 3 is 2.65 bits per heavy atom. The summed E-state index contributed by atoms with van der Waals surface area (Å²) in [4.78, 5) is 8.52. The maximum Gasteiger partial charge on any atom is 0.213 e. The molecule has 2 N–H and O–H groups in total. The van der Waals surface area contributed by atoms with Crippen LogP contribution in [-0.2, 0) is 12.0 Å². The number of nitrogens with one attached hydrogen (secondary N) is 2. The van der Waals surface area contributed by atoms with Gasteiger partial charge in [0.1, 0.15) is 11.5 Å². The van der Waals surface area contributed by atoms with Gasteiger partial charge < -0.3 is 19.8 Å². The molecule has 1 aromatic heterocycles. The van der Waals surface area contributed by atoms with Crippen molar-refractivity contribution in [1.29, 1.82) is 0 Å². The lowest BCUT2D eigenvalue weighted by Crippen LogP contribution is -2.37. The van der Waals surface area contributed by atoms with Crippen LogP contribution in [0.1, 0.15) is 44.4 Å². The molecule has 2 rings (SSSR count). The van der Waals surface area contributed by atoms with E-state index in [2.05, 4.69) is 41.4 Å². The van der Waals surface area contributed by atoms with Crippen molar-refractivity contribution in [2.24, 2.45) is 4.99 Å². The summed E-state index contributed by atoms with van der Waals surface area (Å²) >= 11 is 0. The minimum absolute atomic E-state index is 0.0394. The summed E-state index contributed by atoms with van der Waals surface area (Å²) in [5.41, 5.74) is 1.11. The van der Waals surface area contributed by atoms with Gasteiger partial charge in [-0.2, -0.15) is 0 Å². The Hall–Kier alpha value is -2.50. The van der Waals surface area contributed by atoms with Gasteiger partial charge in [-0.3, -0.25) is 4.99 Å². The zero-order valence-electron chi connectivity index (χ0n) is 16.4. The van der Waals surface area contributed by atoms with Gasteiger partial charge in [0, 0.05) is 19.0 Å². The van der Waals surface area contributed by atoms with Crippen LogP contribution in [0.4, 0.5) is 0 Å². The lowest BCUT2D eigenvalue weighted by molar-refractivity contribution is 0.309. The van der Waals surface area contributed by atoms with Crippen LogP contribution in [0.2, 0.25) is 0 Å². The van der Waals surface area contributed by atoms with Crippen molar-refractivity contribution < 1.29 is 9.15 Å². The predicted molar refractivity (Wildman–Crippen MR) is 105 cm³/mol. The van der Waals surface area contributed by atoms with Gasteiger partial charge in [-0.15, -0.1) is 0 Å². The highest BCUT2D eigenvalue weighted by molar-refractivity contribution is 5.79. The van der Waals surface area contributed by atoms with E-state index in [9.17, 15) is 0 Å². The van der Waals surface area contributed by atoms with E-state index < -0.39 is 0 Å². The number of oxazole rings is 1. The maximum absolute atomic E-state index is 5.79. The number of hydrogen-bond donors (Lipinski definition) is 2. The number of para-hydroxylation sites is 1. The predicted octanol–water partition coefficient (Wildman–Crippen LogP) is 3.41. The van der Waals surface area contributed by atoms with Crippen LogP contribution in [0.3, 0.4) is 0 Å². The van der Waals surface area contributed by atoms with Gasteiger partial charge in [-0.25, -0.2) is 4.98 Å². The monoisotopic (exact) mass is 358 g/mol. The van der Waals surface area contributed by atoms with Gasteiger partial charge in [-0.05, 0) is 25.0 Å². The third-order valence-electron chi connectivity index (χ3n) is 3.89. The van der Waals surface area contributed by atoms with E-state index >= 15 is 0 Å². The summed E-state index contributed by atoms with van der Waals surface area (Å²) in [6.07, 6.45) is 2.67. The van der Waals surface area contributed by atoms with Crippen LogP contribution < -0.4 is 15.4 Å².